The van der Waals surface area contributed by atoms with E-state index in [9.17, 15) is 4.79 Å². The number of hydrogen-bond acceptors (Lipinski definition) is 2. The second-order valence-electron chi connectivity index (χ2n) is 5.56. The summed E-state index contributed by atoms with van der Waals surface area (Å²) in [6, 6.07) is 0.409. The van der Waals surface area contributed by atoms with Crippen molar-refractivity contribution in [1.82, 2.24) is 10.2 Å². The summed E-state index contributed by atoms with van der Waals surface area (Å²) in [5.74, 6) is 0.535. The maximum Gasteiger partial charge on any atom is 0.226 e. The molecule has 0 spiro atoms. The minimum absolute atomic E-state index is 0.0494. The Bertz CT molecular complexity index is 246. The molecule has 1 amide bonds. The minimum atomic E-state index is -0.0494. The normalized spacial score (nSPS) is 24.9. The Hall–Kier alpha value is -0.570. The third kappa shape index (κ3) is 2.76. The van der Waals surface area contributed by atoms with Crippen molar-refractivity contribution in [2.75, 3.05) is 13.1 Å². The van der Waals surface area contributed by atoms with Gasteiger partial charge in [0.25, 0.3) is 0 Å². The van der Waals surface area contributed by atoms with Crippen LogP contribution < -0.4 is 5.32 Å². The fourth-order valence-corrected chi connectivity index (χ4v) is 2.35. The van der Waals surface area contributed by atoms with Gasteiger partial charge in [0.2, 0.25) is 5.91 Å². The van der Waals surface area contributed by atoms with Crippen LogP contribution in [0.3, 0.4) is 0 Å². The van der Waals surface area contributed by atoms with Crippen LogP contribution >= 0.6 is 0 Å². The van der Waals surface area contributed by atoms with Crippen molar-refractivity contribution in [2.24, 2.45) is 5.92 Å². The minimum Gasteiger partial charge on any atom is -0.335 e. The molecule has 1 unspecified atom stereocenters. The number of nitrogens with one attached hydrogen (secondary N) is 1. The first kappa shape index (κ1) is 13.5. The highest BCUT2D eigenvalue weighted by Crippen LogP contribution is 2.23. The highest BCUT2D eigenvalue weighted by atomic mass is 16.2. The molecule has 1 aliphatic heterocycles. The van der Waals surface area contributed by atoms with Crippen LogP contribution in [-0.2, 0) is 4.79 Å². The van der Waals surface area contributed by atoms with E-state index in [2.05, 4.69) is 44.8 Å². The number of nitrogens with zero attached hydrogens (tertiary/aromatic N) is 1. The second kappa shape index (κ2) is 5.17. The zero-order chi connectivity index (χ0) is 12.3. The quantitative estimate of drug-likeness (QED) is 0.798. The Morgan fingerprint density at radius 3 is 2.50 bits per heavy atom. The van der Waals surface area contributed by atoms with Crippen LogP contribution in [0.2, 0.25) is 0 Å². The molecule has 0 radical (unpaired) electrons. The Balaban J connectivity index is 2.78. The van der Waals surface area contributed by atoms with Crippen LogP contribution in [0.4, 0.5) is 0 Å². The van der Waals surface area contributed by atoms with Crippen LogP contribution in [0.1, 0.15) is 47.5 Å². The molecule has 0 aromatic rings. The molecule has 3 heteroatoms. The molecule has 1 saturated heterocycles. The summed E-state index contributed by atoms with van der Waals surface area (Å²) in [5, 5.41) is 3.44. The lowest BCUT2D eigenvalue weighted by Crippen LogP contribution is -2.63. The number of carbonyl (C=O) groups is 1. The first-order valence-electron chi connectivity index (χ1n) is 6.47. The summed E-state index contributed by atoms with van der Waals surface area (Å²) >= 11 is 0. The molecule has 94 valence electrons. The van der Waals surface area contributed by atoms with Gasteiger partial charge in [0.1, 0.15) is 0 Å². The van der Waals surface area contributed by atoms with Crippen molar-refractivity contribution in [2.45, 2.75) is 59.0 Å². The van der Waals surface area contributed by atoms with Gasteiger partial charge in [-0.05, 0) is 33.6 Å². The molecule has 0 bridgehead atoms. The smallest absolute Gasteiger partial charge is 0.226 e. The Morgan fingerprint density at radius 1 is 1.44 bits per heavy atom. The fraction of sp³-hybridized carbons (Fsp3) is 0.923. The monoisotopic (exact) mass is 226 g/mol. The Labute approximate surface area is 99.6 Å². The van der Waals surface area contributed by atoms with Crippen molar-refractivity contribution in [3.05, 3.63) is 0 Å². The molecule has 1 atom stereocenters. The van der Waals surface area contributed by atoms with Gasteiger partial charge in [-0.25, -0.2) is 0 Å². The van der Waals surface area contributed by atoms with Crippen LogP contribution in [0.25, 0.3) is 0 Å². The Morgan fingerprint density at radius 2 is 2.00 bits per heavy atom. The van der Waals surface area contributed by atoms with Crippen molar-refractivity contribution in [3.63, 3.8) is 0 Å². The van der Waals surface area contributed by atoms with Gasteiger partial charge in [0.05, 0.1) is 0 Å². The lowest BCUT2D eigenvalue weighted by Gasteiger charge is -2.46. The van der Waals surface area contributed by atoms with E-state index < -0.39 is 0 Å². The van der Waals surface area contributed by atoms with E-state index in [1.165, 1.54) is 0 Å². The van der Waals surface area contributed by atoms with Crippen LogP contribution in [0.5, 0.6) is 0 Å². The van der Waals surface area contributed by atoms with Gasteiger partial charge in [0, 0.05) is 30.6 Å². The molecular weight excluding hydrogens is 200 g/mol. The Kier molecular flexibility index (Phi) is 4.36. The number of piperazine rings is 1. The third-order valence-corrected chi connectivity index (χ3v) is 3.67. The first-order valence-corrected chi connectivity index (χ1v) is 6.47. The van der Waals surface area contributed by atoms with E-state index in [-0.39, 0.29) is 11.5 Å². The lowest BCUT2D eigenvalue weighted by molar-refractivity contribution is -0.143. The molecule has 16 heavy (non-hydrogen) atoms. The highest BCUT2D eigenvalue weighted by Gasteiger charge is 2.37. The molecule has 1 rings (SSSR count). The maximum atomic E-state index is 12.4. The summed E-state index contributed by atoms with van der Waals surface area (Å²) in [4.78, 5) is 14.5. The SMILES string of the molecule is CCC(CC)C(=O)N1CC(C)NCC1(C)C. The van der Waals surface area contributed by atoms with E-state index in [1.807, 2.05) is 0 Å². The summed E-state index contributed by atoms with van der Waals surface area (Å²) in [5.41, 5.74) is -0.0494. The van der Waals surface area contributed by atoms with E-state index in [1.54, 1.807) is 0 Å². The zero-order valence-electron chi connectivity index (χ0n) is 11.3. The van der Waals surface area contributed by atoms with Crippen molar-refractivity contribution < 1.29 is 4.79 Å². The predicted molar refractivity (Wildman–Crippen MR) is 67.3 cm³/mol. The van der Waals surface area contributed by atoms with Crippen LogP contribution in [-0.4, -0.2) is 35.5 Å². The number of carbonyl (C=O) groups excluding carboxylic acids is 1. The van der Waals surface area contributed by atoms with Gasteiger partial charge < -0.3 is 10.2 Å². The molecule has 0 aliphatic carbocycles. The molecule has 1 heterocycles. The molecule has 0 aromatic carbocycles. The first-order chi connectivity index (χ1) is 7.42. The molecule has 1 fully saturated rings. The van der Waals surface area contributed by atoms with Gasteiger partial charge in [0.15, 0.2) is 0 Å². The summed E-state index contributed by atoms with van der Waals surface area (Å²) < 4.78 is 0. The van der Waals surface area contributed by atoms with Crippen molar-refractivity contribution in [3.8, 4) is 0 Å². The lowest BCUT2D eigenvalue weighted by atomic mass is 9.93. The highest BCUT2D eigenvalue weighted by molar-refractivity contribution is 5.79. The second-order valence-corrected chi connectivity index (χ2v) is 5.56. The average molecular weight is 226 g/mol. The molecule has 1 N–H and O–H groups in total. The summed E-state index contributed by atoms with van der Waals surface area (Å²) in [7, 11) is 0. The predicted octanol–water partition coefficient (Wildman–Crippen LogP) is 2.02. The van der Waals surface area contributed by atoms with Gasteiger partial charge in [-0.1, -0.05) is 13.8 Å². The van der Waals surface area contributed by atoms with Crippen LogP contribution in [0, 0.1) is 5.92 Å². The van der Waals surface area contributed by atoms with E-state index >= 15 is 0 Å². The number of amides is 1. The third-order valence-electron chi connectivity index (χ3n) is 3.67. The standard InChI is InChI=1S/C13H26N2O/c1-6-11(7-2)12(16)15-8-10(3)14-9-13(15,4)5/h10-11,14H,6-9H2,1-5H3. The van der Waals surface area contributed by atoms with Crippen molar-refractivity contribution in [1.29, 1.82) is 0 Å². The van der Waals surface area contributed by atoms with Gasteiger partial charge in [-0.2, -0.15) is 0 Å². The summed E-state index contributed by atoms with van der Waals surface area (Å²) in [6.07, 6.45) is 1.90. The molecular formula is C13H26N2O. The molecule has 3 nitrogen and oxygen atoms in total. The topological polar surface area (TPSA) is 32.3 Å². The largest absolute Gasteiger partial charge is 0.335 e. The van der Waals surface area contributed by atoms with Crippen LogP contribution in [0.15, 0.2) is 0 Å². The van der Waals surface area contributed by atoms with Gasteiger partial charge >= 0.3 is 0 Å². The molecule has 0 aromatic heterocycles. The van der Waals surface area contributed by atoms with Gasteiger partial charge in [-0.3, -0.25) is 4.79 Å². The van der Waals surface area contributed by atoms with E-state index in [0.717, 1.165) is 25.9 Å². The summed E-state index contributed by atoms with van der Waals surface area (Å²) in [6.45, 7) is 12.4. The molecule has 1 aliphatic rings. The van der Waals surface area contributed by atoms with E-state index in [0.29, 0.717) is 11.9 Å². The fourth-order valence-electron chi connectivity index (χ4n) is 2.35. The number of rotatable bonds is 3. The molecule has 0 saturated carbocycles. The van der Waals surface area contributed by atoms with Crippen molar-refractivity contribution >= 4 is 5.91 Å². The zero-order valence-corrected chi connectivity index (χ0v) is 11.3. The number of hydrogen-bond donors (Lipinski definition) is 1. The average Bonchev–Trinajstić information content (AvgIpc) is 2.23. The maximum absolute atomic E-state index is 12.4. The van der Waals surface area contributed by atoms with E-state index in [4.69, 9.17) is 0 Å². The van der Waals surface area contributed by atoms with Gasteiger partial charge in [-0.15, -0.1) is 0 Å².